The van der Waals surface area contributed by atoms with Crippen molar-refractivity contribution < 1.29 is 9.21 Å². The van der Waals surface area contributed by atoms with Crippen LogP contribution in [0, 0.1) is 6.92 Å². The van der Waals surface area contributed by atoms with E-state index in [9.17, 15) is 4.79 Å². The lowest BCUT2D eigenvalue weighted by Crippen LogP contribution is -2.26. The maximum atomic E-state index is 12.1. The molecule has 0 spiro atoms. The van der Waals surface area contributed by atoms with Crippen LogP contribution in [0.15, 0.2) is 40.8 Å². The van der Waals surface area contributed by atoms with Gasteiger partial charge in [-0.3, -0.25) is 4.79 Å². The summed E-state index contributed by atoms with van der Waals surface area (Å²) in [5.41, 5.74) is 2.54. The van der Waals surface area contributed by atoms with Crippen molar-refractivity contribution in [1.82, 2.24) is 4.90 Å². The third-order valence-electron chi connectivity index (χ3n) is 3.67. The first kappa shape index (κ1) is 15.4. The highest BCUT2D eigenvalue weighted by Gasteiger charge is 2.11. The molecule has 0 saturated heterocycles. The van der Waals surface area contributed by atoms with Crippen molar-refractivity contribution in [1.29, 1.82) is 0 Å². The number of hydrogen-bond acceptors (Lipinski definition) is 2. The molecule has 0 saturated carbocycles. The predicted octanol–water partition coefficient (Wildman–Crippen LogP) is 3.74. The maximum absolute atomic E-state index is 12.1. The Labute approximate surface area is 126 Å². The van der Waals surface area contributed by atoms with Gasteiger partial charge in [0, 0.05) is 13.5 Å². The molecule has 1 heterocycles. The Morgan fingerprint density at radius 1 is 1.10 bits per heavy atom. The molecule has 0 fully saturated rings. The molecule has 21 heavy (non-hydrogen) atoms. The van der Waals surface area contributed by atoms with Gasteiger partial charge in [0.25, 0.3) is 0 Å². The summed E-state index contributed by atoms with van der Waals surface area (Å²) in [5.74, 6) is 1.85. The van der Waals surface area contributed by atoms with Gasteiger partial charge in [0.15, 0.2) is 0 Å². The zero-order chi connectivity index (χ0) is 15.2. The number of carbonyl (C=O) groups is 1. The van der Waals surface area contributed by atoms with Gasteiger partial charge in [0.05, 0.1) is 6.54 Å². The van der Waals surface area contributed by atoms with E-state index in [1.165, 1.54) is 11.1 Å². The van der Waals surface area contributed by atoms with Crippen molar-refractivity contribution in [2.45, 2.75) is 39.7 Å². The maximum Gasteiger partial charge on any atom is 0.223 e. The van der Waals surface area contributed by atoms with E-state index >= 15 is 0 Å². The summed E-state index contributed by atoms with van der Waals surface area (Å²) >= 11 is 0. The molecule has 3 heteroatoms. The summed E-state index contributed by atoms with van der Waals surface area (Å²) in [4.78, 5) is 13.9. The molecule has 1 amide bonds. The number of aryl methyl sites for hydroxylation is 3. The van der Waals surface area contributed by atoms with Crippen LogP contribution in [0.5, 0.6) is 0 Å². The molecule has 1 aromatic heterocycles. The Morgan fingerprint density at radius 2 is 1.76 bits per heavy atom. The third kappa shape index (κ3) is 4.48. The quantitative estimate of drug-likeness (QED) is 0.810. The first-order valence-corrected chi connectivity index (χ1v) is 7.45. The van der Waals surface area contributed by atoms with E-state index in [0.29, 0.717) is 13.0 Å². The summed E-state index contributed by atoms with van der Waals surface area (Å²) in [6, 6.07) is 12.3. The van der Waals surface area contributed by atoms with Crippen LogP contribution in [0.1, 0.15) is 36.0 Å². The molecule has 0 unspecified atom stereocenters. The molecular formula is C18H23NO2. The van der Waals surface area contributed by atoms with Crippen LogP contribution in [-0.4, -0.2) is 17.9 Å². The van der Waals surface area contributed by atoms with Crippen LogP contribution in [0.25, 0.3) is 0 Å². The number of nitrogens with zero attached hydrogens (tertiary/aromatic N) is 1. The average molecular weight is 285 g/mol. The predicted molar refractivity (Wildman–Crippen MR) is 84.1 cm³/mol. The van der Waals surface area contributed by atoms with E-state index in [0.717, 1.165) is 24.4 Å². The fraction of sp³-hybridized carbons (Fsp3) is 0.389. The van der Waals surface area contributed by atoms with Crippen molar-refractivity contribution in [3.8, 4) is 0 Å². The fourth-order valence-corrected chi connectivity index (χ4v) is 2.28. The Bertz CT molecular complexity index is 584. The van der Waals surface area contributed by atoms with Crippen LogP contribution in [0.2, 0.25) is 0 Å². The zero-order valence-corrected chi connectivity index (χ0v) is 13.1. The molecule has 0 radical (unpaired) electrons. The molecule has 0 bridgehead atoms. The largest absolute Gasteiger partial charge is 0.464 e. The minimum Gasteiger partial charge on any atom is -0.464 e. The Balaban J connectivity index is 1.82. The number of carbonyl (C=O) groups excluding carboxylic acids is 1. The number of amides is 1. The van der Waals surface area contributed by atoms with Gasteiger partial charge in [-0.25, -0.2) is 0 Å². The van der Waals surface area contributed by atoms with Gasteiger partial charge >= 0.3 is 0 Å². The van der Waals surface area contributed by atoms with Gasteiger partial charge in [0.2, 0.25) is 5.91 Å². The van der Waals surface area contributed by atoms with E-state index in [1.54, 1.807) is 4.90 Å². The highest BCUT2D eigenvalue weighted by Crippen LogP contribution is 2.11. The second-order valence-corrected chi connectivity index (χ2v) is 5.43. The molecular weight excluding hydrogens is 262 g/mol. The van der Waals surface area contributed by atoms with Crippen molar-refractivity contribution in [3.05, 3.63) is 59.0 Å². The van der Waals surface area contributed by atoms with E-state index < -0.39 is 0 Å². The molecule has 2 rings (SSSR count). The van der Waals surface area contributed by atoms with Crippen LogP contribution in [-0.2, 0) is 24.2 Å². The molecule has 2 aromatic rings. The van der Waals surface area contributed by atoms with E-state index in [4.69, 9.17) is 4.42 Å². The summed E-state index contributed by atoms with van der Waals surface area (Å²) in [5, 5.41) is 0. The third-order valence-corrected chi connectivity index (χ3v) is 3.67. The summed E-state index contributed by atoms with van der Waals surface area (Å²) in [6.07, 6.45) is 2.36. The lowest BCUT2D eigenvalue weighted by atomic mass is 10.1. The standard InChI is InChI=1S/C18H23NO2/c1-4-15-6-8-16(9-7-15)10-12-18(20)19(3)13-17-11-5-14(2)21-17/h5-9,11H,4,10,12-13H2,1-3H3. The second kappa shape index (κ2) is 7.11. The van der Waals surface area contributed by atoms with E-state index in [2.05, 4.69) is 31.2 Å². The van der Waals surface area contributed by atoms with Crippen LogP contribution < -0.4 is 0 Å². The lowest BCUT2D eigenvalue weighted by molar-refractivity contribution is -0.130. The molecule has 0 aliphatic heterocycles. The van der Waals surface area contributed by atoms with Gasteiger partial charge in [-0.05, 0) is 43.0 Å². The van der Waals surface area contributed by atoms with Gasteiger partial charge in [-0.2, -0.15) is 0 Å². The van der Waals surface area contributed by atoms with Crippen LogP contribution in [0.3, 0.4) is 0 Å². The second-order valence-electron chi connectivity index (χ2n) is 5.43. The lowest BCUT2D eigenvalue weighted by Gasteiger charge is -2.15. The highest BCUT2D eigenvalue weighted by atomic mass is 16.3. The molecule has 1 aromatic carbocycles. The number of furan rings is 1. The SMILES string of the molecule is CCc1ccc(CCC(=O)N(C)Cc2ccc(C)o2)cc1. The Hall–Kier alpha value is -2.03. The van der Waals surface area contributed by atoms with Gasteiger partial charge < -0.3 is 9.32 Å². The van der Waals surface area contributed by atoms with Crippen molar-refractivity contribution in [2.75, 3.05) is 7.05 Å². The normalized spacial score (nSPS) is 10.6. The summed E-state index contributed by atoms with van der Waals surface area (Å²) in [7, 11) is 1.82. The number of hydrogen-bond donors (Lipinski definition) is 0. The number of rotatable bonds is 6. The molecule has 0 aliphatic rings. The zero-order valence-electron chi connectivity index (χ0n) is 13.1. The van der Waals surface area contributed by atoms with Crippen LogP contribution in [0.4, 0.5) is 0 Å². The first-order valence-electron chi connectivity index (χ1n) is 7.45. The first-order chi connectivity index (χ1) is 10.1. The molecule has 3 nitrogen and oxygen atoms in total. The topological polar surface area (TPSA) is 33.5 Å². The Kier molecular flexibility index (Phi) is 5.20. The van der Waals surface area contributed by atoms with Crippen molar-refractivity contribution >= 4 is 5.91 Å². The summed E-state index contributed by atoms with van der Waals surface area (Å²) < 4.78 is 5.50. The van der Waals surface area contributed by atoms with Gasteiger partial charge in [-0.15, -0.1) is 0 Å². The van der Waals surface area contributed by atoms with Gasteiger partial charge in [0.1, 0.15) is 11.5 Å². The van der Waals surface area contributed by atoms with Gasteiger partial charge in [-0.1, -0.05) is 31.2 Å². The molecule has 112 valence electrons. The smallest absolute Gasteiger partial charge is 0.223 e. The van der Waals surface area contributed by atoms with Crippen LogP contribution >= 0.6 is 0 Å². The highest BCUT2D eigenvalue weighted by molar-refractivity contribution is 5.76. The summed E-state index contributed by atoms with van der Waals surface area (Å²) in [6.45, 7) is 4.58. The van der Waals surface area contributed by atoms with E-state index in [1.807, 2.05) is 26.1 Å². The fourth-order valence-electron chi connectivity index (χ4n) is 2.28. The minimum atomic E-state index is 0.142. The average Bonchev–Trinajstić information content (AvgIpc) is 2.90. The molecule has 0 aliphatic carbocycles. The monoisotopic (exact) mass is 285 g/mol. The molecule has 0 atom stereocenters. The molecule has 0 N–H and O–H groups in total. The van der Waals surface area contributed by atoms with Crippen molar-refractivity contribution in [2.24, 2.45) is 0 Å². The Morgan fingerprint density at radius 3 is 2.33 bits per heavy atom. The minimum absolute atomic E-state index is 0.142. The van der Waals surface area contributed by atoms with Crippen molar-refractivity contribution in [3.63, 3.8) is 0 Å². The number of benzene rings is 1. The van der Waals surface area contributed by atoms with E-state index in [-0.39, 0.29) is 5.91 Å².